The highest BCUT2D eigenvalue weighted by Crippen LogP contribution is 2.20. The fourth-order valence-electron chi connectivity index (χ4n) is 2.08. The molecule has 0 bridgehead atoms. The third-order valence-corrected chi connectivity index (χ3v) is 4.40. The van der Waals surface area contributed by atoms with Crippen LogP contribution in [0, 0.1) is 13.8 Å². The number of nitrogens with zero attached hydrogens (tertiary/aromatic N) is 4. The molecule has 25 heavy (non-hydrogen) atoms. The van der Waals surface area contributed by atoms with Crippen molar-refractivity contribution in [1.82, 2.24) is 19.6 Å². The normalized spacial score (nSPS) is 11.8. The molecule has 0 aliphatic carbocycles. The Hall–Kier alpha value is -1.88. The Balaban J connectivity index is 1.80. The van der Waals surface area contributed by atoms with Crippen LogP contribution in [-0.2, 0) is 22.8 Å². The first kappa shape index (κ1) is 19.4. The number of ether oxygens (including phenoxy) is 1. The average molecular weight is 424 g/mol. The second-order valence-electron chi connectivity index (χ2n) is 5.37. The topological polar surface area (TPSA) is 74.0 Å². The predicted octanol–water partition coefficient (Wildman–Crippen LogP) is 3.02. The Kier molecular flexibility index (Phi) is 6.22. The van der Waals surface area contributed by atoms with Crippen molar-refractivity contribution in [1.29, 1.82) is 0 Å². The summed E-state index contributed by atoms with van der Waals surface area (Å²) in [6.07, 6.45) is -1.45. The van der Waals surface area contributed by atoms with E-state index in [0.29, 0.717) is 12.2 Å². The molecule has 0 radical (unpaired) electrons. The first-order valence-electron chi connectivity index (χ1n) is 7.32. The molecule has 0 aliphatic rings. The van der Waals surface area contributed by atoms with Gasteiger partial charge in [-0.3, -0.25) is 9.48 Å². The van der Waals surface area contributed by atoms with Crippen LogP contribution in [0.5, 0.6) is 0 Å². The molecule has 0 saturated heterocycles. The van der Waals surface area contributed by atoms with E-state index in [1.807, 2.05) is 13.8 Å². The maximum atomic E-state index is 12.0. The number of rotatable bonds is 7. The van der Waals surface area contributed by atoms with Crippen molar-refractivity contribution >= 4 is 27.5 Å². The Morgan fingerprint density at radius 2 is 2.12 bits per heavy atom. The lowest BCUT2D eigenvalue weighted by Crippen LogP contribution is -2.18. The lowest BCUT2D eigenvalue weighted by atomic mass is 10.3. The fraction of sp³-hybridized carbons (Fsp3) is 0.500. The monoisotopic (exact) mass is 423 g/mol. The number of hydrogen-bond acceptors (Lipinski definition) is 4. The summed E-state index contributed by atoms with van der Waals surface area (Å²) in [7, 11) is 0. The smallest absolute Gasteiger partial charge is 0.350 e. The summed E-state index contributed by atoms with van der Waals surface area (Å²) >= 11 is 3.42. The SMILES string of the molecule is Cc1nn(CCC(=O)Nc2cnn(COCC(F)(F)F)c2)c(C)c1Br. The second kappa shape index (κ2) is 8.00. The summed E-state index contributed by atoms with van der Waals surface area (Å²) in [5.41, 5.74) is 2.16. The Bertz CT molecular complexity index is 741. The van der Waals surface area contributed by atoms with Gasteiger partial charge in [-0.1, -0.05) is 0 Å². The molecular weight excluding hydrogens is 407 g/mol. The number of amides is 1. The second-order valence-corrected chi connectivity index (χ2v) is 6.16. The van der Waals surface area contributed by atoms with E-state index in [2.05, 4.69) is 36.2 Å². The van der Waals surface area contributed by atoms with E-state index >= 15 is 0 Å². The average Bonchev–Trinajstić information content (AvgIpc) is 3.04. The van der Waals surface area contributed by atoms with E-state index in [-0.39, 0.29) is 19.1 Å². The predicted molar refractivity (Wildman–Crippen MR) is 86.9 cm³/mol. The highest BCUT2D eigenvalue weighted by Gasteiger charge is 2.27. The zero-order chi connectivity index (χ0) is 18.6. The van der Waals surface area contributed by atoms with Gasteiger partial charge in [0, 0.05) is 12.1 Å². The highest BCUT2D eigenvalue weighted by atomic mass is 79.9. The lowest BCUT2D eigenvalue weighted by Gasteiger charge is -2.07. The molecule has 2 rings (SSSR count). The van der Waals surface area contributed by atoms with Crippen molar-refractivity contribution in [3.63, 3.8) is 0 Å². The molecule has 1 amide bonds. The Labute approximate surface area is 150 Å². The van der Waals surface area contributed by atoms with Crippen molar-refractivity contribution < 1.29 is 22.7 Å². The first-order valence-corrected chi connectivity index (χ1v) is 8.11. The van der Waals surface area contributed by atoms with Crippen LogP contribution < -0.4 is 5.32 Å². The van der Waals surface area contributed by atoms with Gasteiger partial charge >= 0.3 is 6.18 Å². The van der Waals surface area contributed by atoms with Gasteiger partial charge in [0.1, 0.15) is 13.3 Å². The van der Waals surface area contributed by atoms with Crippen molar-refractivity contribution in [2.24, 2.45) is 0 Å². The molecular formula is C14H17BrF3N5O2. The summed E-state index contributed by atoms with van der Waals surface area (Å²) < 4.78 is 44.3. The summed E-state index contributed by atoms with van der Waals surface area (Å²) in [4.78, 5) is 12.0. The minimum absolute atomic E-state index is 0.199. The molecule has 0 fully saturated rings. The van der Waals surface area contributed by atoms with Crippen molar-refractivity contribution in [3.05, 3.63) is 28.3 Å². The van der Waals surface area contributed by atoms with Crippen LogP contribution >= 0.6 is 15.9 Å². The van der Waals surface area contributed by atoms with Gasteiger partial charge in [-0.05, 0) is 29.8 Å². The molecule has 7 nitrogen and oxygen atoms in total. The Morgan fingerprint density at radius 3 is 2.72 bits per heavy atom. The van der Waals surface area contributed by atoms with E-state index < -0.39 is 12.8 Å². The molecule has 0 aliphatic heterocycles. The molecule has 2 aromatic heterocycles. The maximum Gasteiger partial charge on any atom is 0.411 e. The zero-order valence-electron chi connectivity index (χ0n) is 13.6. The number of anilines is 1. The molecule has 0 atom stereocenters. The minimum atomic E-state index is -4.39. The zero-order valence-corrected chi connectivity index (χ0v) is 15.2. The van der Waals surface area contributed by atoms with Crippen LogP contribution in [0.2, 0.25) is 0 Å². The van der Waals surface area contributed by atoms with Crippen molar-refractivity contribution in [2.75, 3.05) is 11.9 Å². The van der Waals surface area contributed by atoms with Gasteiger partial charge in [-0.15, -0.1) is 0 Å². The number of nitrogens with one attached hydrogen (secondary N) is 1. The van der Waals surface area contributed by atoms with Gasteiger partial charge in [0.15, 0.2) is 0 Å². The maximum absolute atomic E-state index is 12.0. The highest BCUT2D eigenvalue weighted by molar-refractivity contribution is 9.10. The van der Waals surface area contributed by atoms with Crippen molar-refractivity contribution in [2.45, 2.75) is 39.7 Å². The molecule has 11 heteroatoms. The first-order chi connectivity index (χ1) is 11.7. The summed E-state index contributed by atoms with van der Waals surface area (Å²) in [5.74, 6) is -0.251. The van der Waals surface area contributed by atoms with Gasteiger partial charge in [0.25, 0.3) is 0 Å². The number of carbonyl (C=O) groups is 1. The standard InChI is InChI=1S/C14H17BrF3N5O2/c1-9-13(15)10(2)23(21-9)4-3-12(24)20-11-5-19-22(6-11)8-25-7-14(16,17)18/h5-6H,3-4,7-8H2,1-2H3,(H,20,24). The number of halogens is 4. The van der Waals surface area contributed by atoms with Crippen LogP contribution in [0.1, 0.15) is 17.8 Å². The van der Waals surface area contributed by atoms with Gasteiger partial charge in [0.05, 0.1) is 34.8 Å². The summed E-state index contributed by atoms with van der Waals surface area (Å²) in [6, 6.07) is 0. The minimum Gasteiger partial charge on any atom is -0.350 e. The molecule has 0 aromatic carbocycles. The van der Waals surface area contributed by atoms with E-state index in [9.17, 15) is 18.0 Å². The van der Waals surface area contributed by atoms with E-state index in [4.69, 9.17) is 0 Å². The van der Waals surface area contributed by atoms with Crippen LogP contribution in [0.25, 0.3) is 0 Å². The molecule has 0 saturated carbocycles. The molecule has 138 valence electrons. The van der Waals surface area contributed by atoms with Gasteiger partial charge < -0.3 is 10.1 Å². The molecule has 2 heterocycles. The largest absolute Gasteiger partial charge is 0.411 e. The quantitative estimate of drug-likeness (QED) is 0.742. The number of hydrogen-bond donors (Lipinski definition) is 1. The molecule has 2 aromatic rings. The third kappa shape index (κ3) is 5.85. The summed E-state index contributed by atoms with van der Waals surface area (Å²) in [6.45, 7) is 2.46. The van der Waals surface area contributed by atoms with Crippen LogP contribution in [0.15, 0.2) is 16.9 Å². The lowest BCUT2D eigenvalue weighted by molar-refractivity contribution is -0.182. The van der Waals surface area contributed by atoms with Crippen LogP contribution in [-0.4, -0.2) is 38.3 Å². The van der Waals surface area contributed by atoms with Gasteiger partial charge in [0.2, 0.25) is 5.91 Å². The van der Waals surface area contributed by atoms with E-state index in [1.54, 1.807) is 4.68 Å². The number of aryl methyl sites for hydroxylation is 2. The number of alkyl halides is 3. The molecule has 0 unspecified atom stereocenters. The van der Waals surface area contributed by atoms with Crippen molar-refractivity contribution in [3.8, 4) is 0 Å². The van der Waals surface area contributed by atoms with Crippen LogP contribution in [0.3, 0.4) is 0 Å². The van der Waals surface area contributed by atoms with E-state index in [1.165, 1.54) is 17.1 Å². The summed E-state index contributed by atoms with van der Waals surface area (Å²) in [5, 5.41) is 10.8. The molecule has 0 spiro atoms. The van der Waals surface area contributed by atoms with Gasteiger partial charge in [-0.25, -0.2) is 4.68 Å². The number of aromatic nitrogens is 4. The van der Waals surface area contributed by atoms with E-state index in [0.717, 1.165) is 15.9 Å². The molecule has 1 N–H and O–H groups in total. The van der Waals surface area contributed by atoms with Gasteiger partial charge in [-0.2, -0.15) is 23.4 Å². The Morgan fingerprint density at radius 1 is 1.40 bits per heavy atom. The van der Waals surface area contributed by atoms with Crippen LogP contribution in [0.4, 0.5) is 18.9 Å². The fourth-order valence-corrected chi connectivity index (χ4v) is 2.36. The number of carbonyl (C=O) groups excluding carboxylic acids is 1. The third-order valence-electron chi connectivity index (χ3n) is 3.25.